The van der Waals surface area contributed by atoms with Gasteiger partial charge in [-0.1, -0.05) is 13.3 Å². The molecule has 0 saturated carbocycles. The molecule has 0 spiro atoms. The van der Waals surface area contributed by atoms with Crippen molar-refractivity contribution in [3.8, 4) is 0 Å². The summed E-state index contributed by atoms with van der Waals surface area (Å²) in [7, 11) is 2.23. The maximum absolute atomic E-state index is 5.46. The van der Waals surface area contributed by atoms with E-state index >= 15 is 0 Å². The standard InChI is InChI=1S/C12H26N2O/c1-4-5-7-14(3)11(2)9-12-10-15-8-6-13-12/h11-13H,4-10H2,1-3H3. The summed E-state index contributed by atoms with van der Waals surface area (Å²) in [6.45, 7) is 8.53. The minimum atomic E-state index is 0.554. The van der Waals surface area contributed by atoms with E-state index in [-0.39, 0.29) is 0 Å². The molecule has 1 aliphatic rings. The quantitative estimate of drug-likeness (QED) is 0.725. The molecule has 1 saturated heterocycles. The van der Waals surface area contributed by atoms with E-state index in [1.165, 1.54) is 25.8 Å². The third-order valence-corrected chi connectivity index (χ3v) is 3.24. The molecule has 1 N–H and O–H groups in total. The Morgan fingerprint density at radius 2 is 2.33 bits per heavy atom. The Balaban J connectivity index is 2.17. The number of morpholine rings is 1. The van der Waals surface area contributed by atoms with Crippen LogP contribution in [0, 0.1) is 0 Å². The zero-order valence-electron chi connectivity index (χ0n) is 10.5. The lowest BCUT2D eigenvalue weighted by Gasteiger charge is -2.31. The average Bonchev–Trinajstić information content (AvgIpc) is 2.27. The van der Waals surface area contributed by atoms with Gasteiger partial charge in [-0.2, -0.15) is 0 Å². The summed E-state index contributed by atoms with van der Waals surface area (Å²) in [6, 6.07) is 1.20. The molecular weight excluding hydrogens is 188 g/mol. The van der Waals surface area contributed by atoms with E-state index in [0.717, 1.165) is 19.8 Å². The molecule has 3 heteroatoms. The lowest BCUT2D eigenvalue weighted by molar-refractivity contribution is 0.0643. The summed E-state index contributed by atoms with van der Waals surface area (Å²) < 4.78 is 5.46. The van der Waals surface area contributed by atoms with Gasteiger partial charge in [-0.15, -0.1) is 0 Å². The molecule has 1 aliphatic heterocycles. The minimum absolute atomic E-state index is 0.554. The van der Waals surface area contributed by atoms with E-state index in [4.69, 9.17) is 4.74 Å². The van der Waals surface area contributed by atoms with Gasteiger partial charge in [0.05, 0.1) is 13.2 Å². The predicted molar refractivity (Wildman–Crippen MR) is 64.2 cm³/mol. The highest BCUT2D eigenvalue weighted by atomic mass is 16.5. The van der Waals surface area contributed by atoms with Crippen molar-refractivity contribution >= 4 is 0 Å². The molecule has 1 fully saturated rings. The van der Waals surface area contributed by atoms with Gasteiger partial charge in [-0.05, 0) is 33.4 Å². The first-order valence-electron chi connectivity index (χ1n) is 6.25. The lowest BCUT2D eigenvalue weighted by Crippen LogP contribution is -2.45. The molecule has 0 aromatic carbocycles. The van der Waals surface area contributed by atoms with E-state index in [9.17, 15) is 0 Å². The van der Waals surface area contributed by atoms with Crippen LogP contribution in [0.2, 0.25) is 0 Å². The van der Waals surface area contributed by atoms with Crippen molar-refractivity contribution in [2.24, 2.45) is 0 Å². The van der Waals surface area contributed by atoms with Gasteiger partial charge >= 0.3 is 0 Å². The van der Waals surface area contributed by atoms with Crippen LogP contribution in [-0.4, -0.2) is 50.3 Å². The van der Waals surface area contributed by atoms with Crippen LogP contribution >= 0.6 is 0 Å². The van der Waals surface area contributed by atoms with Gasteiger partial charge in [-0.25, -0.2) is 0 Å². The van der Waals surface area contributed by atoms with Crippen LogP contribution in [0.1, 0.15) is 33.1 Å². The first-order valence-corrected chi connectivity index (χ1v) is 6.25. The highest BCUT2D eigenvalue weighted by molar-refractivity contribution is 4.76. The Kier molecular flexibility index (Phi) is 6.22. The molecule has 3 nitrogen and oxygen atoms in total. The van der Waals surface area contributed by atoms with Crippen LogP contribution in [0.15, 0.2) is 0 Å². The first-order chi connectivity index (χ1) is 7.24. The number of nitrogens with zero attached hydrogens (tertiary/aromatic N) is 1. The summed E-state index contributed by atoms with van der Waals surface area (Å²) in [5, 5.41) is 3.51. The molecule has 2 atom stereocenters. The van der Waals surface area contributed by atoms with E-state index in [1.807, 2.05) is 0 Å². The van der Waals surface area contributed by atoms with Crippen molar-refractivity contribution in [2.75, 3.05) is 33.4 Å². The lowest BCUT2D eigenvalue weighted by atomic mass is 10.1. The van der Waals surface area contributed by atoms with Crippen molar-refractivity contribution in [1.29, 1.82) is 0 Å². The number of unbranched alkanes of at least 4 members (excludes halogenated alkanes) is 1. The number of hydrogen-bond donors (Lipinski definition) is 1. The summed E-state index contributed by atoms with van der Waals surface area (Å²) in [5.74, 6) is 0. The number of ether oxygens (including phenoxy) is 1. The van der Waals surface area contributed by atoms with E-state index in [2.05, 4.69) is 31.1 Å². The Bertz CT molecular complexity index is 158. The smallest absolute Gasteiger partial charge is 0.0620 e. The van der Waals surface area contributed by atoms with Crippen LogP contribution in [0.25, 0.3) is 0 Å². The van der Waals surface area contributed by atoms with Gasteiger partial charge in [0, 0.05) is 18.6 Å². The molecular formula is C12H26N2O. The maximum atomic E-state index is 5.46. The van der Waals surface area contributed by atoms with Gasteiger partial charge in [-0.3, -0.25) is 0 Å². The second kappa shape index (κ2) is 7.20. The molecule has 15 heavy (non-hydrogen) atoms. The molecule has 1 heterocycles. The highest BCUT2D eigenvalue weighted by Gasteiger charge is 2.18. The molecule has 2 unspecified atom stereocenters. The average molecular weight is 214 g/mol. The van der Waals surface area contributed by atoms with Crippen LogP contribution in [-0.2, 0) is 4.74 Å². The van der Waals surface area contributed by atoms with Crippen LogP contribution in [0.5, 0.6) is 0 Å². The second-order valence-electron chi connectivity index (χ2n) is 4.64. The van der Waals surface area contributed by atoms with Crippen molar-refractivity contribution in [3.63, 3.8) is 0 Å². The molecule has 0 bridgehead atoms. The zero-order valence-corrected chi connectivity index (χ0v) is 10.5. The third kappa shape index (κ3) is 4.96. The highest BCUT2D eigenvalue weighted by Crippen LogP contribution is 2.08. The molecule has 1 rings (SSSR count). The van der Waals surface area contributed by atoms with Crippen molar-refractivity contribution in [1.82, 2.24) is 10.2 Å². The first kappa shape index (κ1) is 12.9. The fourth-order valence-electron chi connectivity index (χ4n) is 1.99. The maximum Gasteiger partial charge on any atom is 0.0620 e. The van der Waals surface area contributed by atoms with Crippen molar-refractivity contribution in [2.45, 2.75) is 45.2 Å². The fraction of sp³-hybridized carbons (Fsp3) is 1.00. The monoisotopic (exact) mass is 214 g/mol. The number of nitrogens with one attached hydrogen (secondary N) is 1. The third-order valence-electron chi connectivity index (χ3n) is 3.24. The Morgan fingerprint density at radius 3 is 2.93 bits per heavy atom. The molecule has 0 aromatic heterocycles. The van der Waals surface area contributed by atoms with Crippen molar-refractivity contribution in [3.05, 3.63) is 0 Å². The minimum Gasteiger partial charge on any atom is -0.379 e. The topological polar surface area (TPSA) is 24.5 Å². The van der Waals surface area contributed by atoms with E-state index in [0.29, 0.717) is 12.1 Å². The van der Waals surface area contributed by atoms with Crippen LogP contribution < -0.4 is 5.32 Å². The van der Waals surface area contributed by atoms with Gasteiger partial charge in [0.2, 0.25) is 0 Å². The van der Waals surface area contributed by atoms with Gasteiger partial charge in [0.15, 0.2) is 0 Å². The SMILES string of the molecule is CCCCN(C)C(C)CC1COCCN1. The van der Waals surface area contributed by atoms with Gasteiger partial charge < -0.3 is 15.0 Å². The van der Waals surface area contributed by atoms with Gasteiger partial charge in [0.1, 0.15) is 0 Å². The number of rotatable bonds is 6. The molecule has 0 aliphatic carbocycles. The second-order valence-corrected chi connectivity index (χ2v) is 4.64. The normalized spacial score (nSPS) is 24.4. The molecule has 0 radical (unpaired) electrons. The van der Waals surface area contributed by atoms with Crippen molar-refractivity contribution < 1.29 is 4.74 Å². The van der Waals surface area contributed by atoms with Crippen LogP contribution in [0.4, 0.5) is 0 Å². The predicted octanol–water partition coefficient (Wildman–Crippen LogP) is 1.49. The number of hydrogen-bond acceptors (Lipinski definition) is 3. The summed E-state index contributed by atoms with van der Waals surface area (Å²) in [5.41, 5.74) is 0. The fourth-order valence-corrected chi connectivity index (χ4v) is 1.99. The molecule has 90 valence electrons. The van der Waals surface area contributed by atoms with Crippen LogP contribution in [0.3, 0.4) is 0 Å². The zero-order chi connectivity index (χ0) is 11.1. The summed E-state index contributed by atoms with van der Waals surface area (Å²) in [6.07, 6.45) is 3.78. The Hall–Kier alpha value is -0.120. The Labute approximate surface area is 94.2 Å². The largest absolute Gasteiger partial charge is 0.379 e. The summed E-state index contributed by atoms with van der Waals surface area (Å²) in [4.78, 5) is 2.46. The van der Waals surface area contributed by atoms with E-state index < -0.39 is 0 Å². The molecule has 0 amide bonds. The van der Waals surface area contributed by atoms with Gasteiger partial charge in [0.25, 0.3) is 0 Å². The Morgan fingerprint density at radius 1 is 1.53 bits per heavy atom. The van der Waals surface area contributed by atoms with E-state index in [1.54, 1.807) is 0 Å². The summed E-state index contributed by atoms with van der Waals surface area (Å²) >= 11 is 0. The molecule has 0 aromatic rings.